The van der Waals surface area contributed by atoms with Crippen molar-refractivity contribution in [1.82, 2.24) is 5.32 Å². The zero-order valence-corrected chi connectivity index (χ0v) is 17.4. The fourth-order valence-electron chi connectivity index (χ4n) is 2.99. The van der Waals surface area contributed by atoms with Crippen LogP contribution in [0.15, 0.2) is 54.1 Å². The molecule has 0 saturated heterocycles. The number of nitrogens with one attached hydrogen (secondary N) is 1. The SMILES string of the molecule is CCCCCNC(=O)N(C)c1cccc(-c2ccc(C=C(CC)C(=O)O)cc2)c1. The Labute approximate surface area is 173 Å². The summed E-state index contributed by atoms with van der Waals surface area (Å²) < 4.78 is 0. The fraction of sp³-hybridized carbons (Fsp3) is 0.333. The van der Waals surface area contributed by atoms with Crippen molar-refractivity contribution in [2.75, 3.05) is 18.5 Å². The highest BCUT2D eigenvalue weighted by Crippen LogP contribution is 2.25. The number of benzene rings is 2. The van der Waals surface area contributed by atoms with Crippen LogP contribution in [0.2, 0.25) is 0 Å². The Kier molecular flexibility index (Phi) is 8.46. The molecular weight excluding hydrogens is 364 g/mol. The first-order valence-electron chi connectivity index (χ1n) is 10.1. The third kappa shape index (κ3) is 6.49. The lowest BCUT2D eigenvalue weighted by Crippen LogP contribution is -2.37. The number of carbonyl (C=O) groups excluding carboxylic acids is 1. The third-order valence-corrected chi connectivity index (χ3v) is 4.84. The highest BCUT2D eigenvalue weighted by Gasteiger charge is 2.11. The lowest BCUT2D eigenvalue weighted by molar-refractivity contribution is -0.132. The van der Waals surface area contributed by atoms with Crippen LogP contribution < -0.4 is 10.2 Å². The van der Waals surface area contributed by atoms with E-state index < -0.39 is 5.97 Å². The zero-order chi connectivity index (χ0) is 21.2. The van der Waals surface area contributed by atoms with Crippen LogP contribution in [0.1, 0.15) is 45.1 Å². The Morgan fingerprint density at radius 3 is 2.38 bits per heavy atom. The molecule has 2 rings (SSSR count). The Morgan fingerprint density at radius 1 is 1.03 bits per heavy atom. The molecule has 0 heterocycles. The first-order chi connectivity index (χ1) is 14.0. The topological polar surface area (TPSA) is 69.6 Å². The van der Waals surface area contributed by atoms with E-state index in [4.69, 9.17) is 5.11 Å². The Hall–Kier alpha value is -3.08. The van der Waals surface area contributed by atoms with Crippen LogP contribution >= 0.6 is 0 Å². The number of carboxylic acid groups (broad SMARTS) is 1. The minimum Gasteiger partial charge on any atom is -0.478 e. The van der Waals surface area contributed by atoms with Crippen molar-refractivity contribution in [3.8, 4) is 11.1 Å². The number of anilines is 1. The largest absolute Gasteiger partial charge is 0.478 e. The molecule has 5 nitrogen and oxygen atoms in total. The number of amides is 2. The number of urea groups is 1. The van der Waals surface area contributed by atoms with E-state index in [9.17, 15) is 9.59 Å². The molecule has 154 valence electrons. The third-order valence-electron chi connectivity index (χ3n) is 4.84. The van der Waals surface area contributed by atoms with Crippen LogP contribution in [0.3, 0.4) is 0 Å². The number of aliphatic carboxylic acids is 1. The monoisotopic (exact) mass is 394 g/mol. The molecule has 0 aliphatic rings. The minimum atomic E-state index is -0.889. The second-order valence-corrected chi connectivity index (χ2v) is 7.00. The second kappa shape index (κ2) is 11.1. The van der Waals surface area contributed by atoms with Crippen molar-refractivity contribution in [2.45, 2.75) is 39.5 Å². The van der Waals surface area contributed by atoms with Crippen molar-refractivity contribution in [3.63, 3.8) is 0 Å². The molecule has 5 heteroatoms. The van der Waals surface area contributed by atoms with E-state index in [1.807, 2.05) is 55.5 Å². The molecule has 0 aliphatic heterocycles. The quantitative estimate of drug-likeness (QED) is 0.432. The van der Waals surface area contributed by atoms with Crippen molar-refractivity contribution in [2.24, 2.45) is 0 Å². The fourth-order valence-corrected chi connectivity index (χ4v) is 2.99. The summed E-state index contributed by atoms with van der Waals surface area (Å²) in [4.78, 5) is 25.1. The molecular formula is C24H30N2O3. The highest BCUT2D eigenvalue weighted by molar-refractivity contribution is 5.93. The van der Waals surface area contributed by atoms with Gasteiger partial charge < -0.3 is 10.4 Å². The molecule has 0 aliphatic carbocycles. The summed E-state index contributed by atoms with van der Waals surface area (Å²) in [6, 6.07) is 15.4. The van der Waals surface area contributed by atoms with E-state index in [1.54, 1.807) is 18.0 Å². The zero-order valence-electron chi connectivity index (χ0n) is 17.4. The molecule has 0 saturated carbocycles. The van der Waals surface area contributed by atoms with Crippen LogP contribution in [0.4, 0.5) is 10.5 Å². The molecule has 2 N–H and O–H groups in total. The molecule has 0 spiro atoms. The molecule has 2 aromatic rings. The molecule has 2 amide bonds. The summed E-state index contributed by atoms with van der Waals surface area (Å²) in [5, 5.41) is 12.1. The summed E-state index contributed by atoms with van der Waals surface area (Å²) in [5.41, 5.74) is 4.06. The summed E-state index contributed by atoms with van der Waals surface area (Å²) in [6.07, 6.45) is 5.39. The van der Waals surface area contributed by atoms with E-state index in [0.717, 1.165) is 41.6 Å². The van der Waals surface area contributed by atoms with Gasteiger partial charge in [-0.05, 0) is 47.7 Å². The molecule has 29 heavy (non-hydrogen) atoms. The van der Waals surface area contributed by atoms with Gasteiger partial charge in [0.05, 0.1) is 0 Å². The van der Waals surface area contributed by atoms with Crippen LogP contribution in [-0.2, 0) is 4.79 Å². The lowest BCUT2D eigenvalue weighted by Gasteiger charge is -2.19. The van der Waals surface area contributed by atoms with E-state index in [-0.39, 0.29) is 6.03 Å². The Balaban J connectivity index is 2.12. The molecule has 0 aromatic heterocycles. The van der Waals surface area contributed by atoms with Gasteiger partial charge in [-0.1, -0.05) is 63.1 Å². The molecule has 0 radical (unpaired) electrons. The average Bonchev–Trinajstić information content (AvgIpc) is 2.74. The van der Waals surface area contributed by atoms with Gasteiger partial charge in [0.1, 0.15) is 0 Å². The maximum atomic E-state index is 12.3. The van der Waals surface area contributed by atoms with Gasteiger partial charge in [0, 0.05) is 24.9 Å². The van der Waals surface area contributed by atoms with Gasteiger partial charge in [-0.2, -0.15) is 0 Å². The predicted octanol–water partition coefficient (Wildman–Crippen LogP) is 5.57. The number of hydrogen-bond acceptors (Lipinski definition) is 2. The van der Waals surface area contributed by atoms with Gasteiger partial charge in [-0.3, -0.25) is 4.90 Å². The van der Waals surface area contributed by atoms with Crippen LogP contribution in [0.25, 0.3) is 17.2 Å². The molecule has 0 fully saturated rings. The number of carboxylic acids is 1. The van der Waals surface area contributed by atoms with Crippen molar-refractivity contribution < 1.29 is 14.7 Å². The van der Waals surface area contributed by atoms with Gasteiger partial charge in [0.2, 0.25) is 0 Å². The maximum absolute atomic E-state index is 12.3. The smallest absolute Gasteiger partial charge is 0.331 e. The summed E-state index contributed by atoms with van der Waals surface area (Å²) >= 11 is 0. The van der Waals surface area contributed by atoms with Gasteiger partial charge in [0.25, 0.3) is 0 Å². The maximum Gasteiger partial charge on any atom is 0.331 e. The van der Waals surface area contributed by atoms with Crippen LogP contribution in [0, 0.1) is 0 Å². The van der Waals surface area contributed by atoms with Crippen molar-refractivity contribution in [1.29, 1.82) is 0 Å². The number of nitrogens with zero attached hydrogens (tertiary/aromatic N) is 1. The Bertz CT molecular complexity index is 857. The summed E-state index contributed by atoms with van der Waals surface area (Å²) in [6.45, 7) is 4.65. The number of carbonyl (C=O) groups is 2. The van der Waals surface area contributed by atoms with Gasteiger partial charge >= 0.3 is 12.0 Å². The van der Waals surface area contributed by atoms with Gasteiger partial charge in [0.15, 0.2) is 0 Å². The van der Waals surface area contributed by atoms with E-state index in [1.165, 1.54) is 0 Å². The lowest BCUT2D eigenvalue weighted by atomic mass is 10.0. The normalized spacial score (nSPS) is 11.2. The standard InChI is InChI=1S/C24H30N2O3/c1-4-6-7-15-25-24(29)26(3)22-10-8-9-21(17-22)20-13-11-18(12-14-20)16-19(5-2)23(27)28/h8-14,16-17H,4-7,15H2,1-3H3,(H,25,29)(H,27,28). The van der Waals surface area contributed by atoms with Crippen molar-refractivity contribution in [3.05, 3.63) is 59.7 Å². The molecule has 0 atom stereocenters. The summed E-state index contributed by atoms with van der Waals surface area (Å²) in [7, 11) is 1.76. The first kappa shape index (κ1) is 22.2. The second-order valence-electron chi connectivity index (χ2n) is 7.00. The minimum absolute atomic E-state index is 0.112. The predicted molar refractivity (Wildman–Crippen MR) is 119 cm³/mol. The molecule has 0 unspecified atom stereocenters. The Morgan fingerprint density at radius 2 is 1.76 bits per heavy atom. The number of unbranched alkanes of at least 4 members (excludes halogenated alkanes) is 2. The van der Waals surface area contributed by atoms with Crippen LogP contribution in [0.5, 0.6) is 0 Å². The number of rotatable bonds is 9. The highest BCUT2D eigenvalue weighted by atomic mass is 16.4. The van der Waals surface area contributed by atoms with Crippen molar-refractivity contribution >= 4 is 23.8 Å². The van der Waals surface area contributed by atoms with Gasteiger partial charge in [-0.25, -0.2) is 9.59 Å². The van der Waals surface area contributed by atoms with Gasteiger partial charge in [-0.15, -0.1) is 0 Å². The van der Waals surface area contributed by atoms with E-state index in [2.05, 4.69) is 12.2 Å². The first-order valence-corrected chi connectivity index (χ1v) is 10.1. The number of hydrogen-bond donors (Lipinski definition) is 2. The van der Waals surface area contributed by atoms with E-state index in [0.29, 0.717) is 18.5 Å². The summed E-state index contributed by atoms with van der Waals surface area (Å²) in [5.74, 6) is -0.889. The van der Waals surface area contributed by atoms with Crippen LogP contribution in [-0.4, -0.2) is 30.7 Å². The molecule has 2 aromatic carbocycles. The van der Waals surface area contributed by atoms with E-state index >= 15 is 0 Å². The average molecular weight is 395 g/mol. The molecule has 0 bridgehead atoms.